The lowest BCUT2D eigenvalue weighted by Crippen LogP contribution is -2.23. The van der Waals surface area contributed by atoms with E-state index in [9.17, 15) is 4.79 Å². The summed E-state index contributed by atoms with van der Waals surface area (Å²) in [7, 11) is 0. The average Bonchev–Trinajstić information content (AvgIpc) is 2.96. The summed E-state index contributed by atoms with van der Waals surface area (Å²) in [5.74, 6) is 0.926. The monoisotopic (exact) mass is 249 g/mol. The molecule has 0 aliphatic heterocycles. The molecule has 0 unspecified atom stereocenters. The van der Waals surface area contributed by atoms with Crippen molar-refractivity contribution in [3.8, 4) is 0 Å². The zero-order valence-electron chi connectivity index (χ0n) is 10.1. The third-order valence-electron chi connectivity index (χ3n) is 2.32. The second-order valence-electron chi connectivity index (χ2n) is 3.83. The molecular weight excluding hydrogens is 234 g/mol. The van der Waals surface area contributed by atoms with Crippen molar-refractivity contribution in [2.45, 2.75) is 20.0 Å². The van der Waals surface area contributed by atoms with Gasteiger partial charge < -0.3 is 20.0 Å². The number of rotatable bonds is 5. The van der Waals surface area contributed by atoms with Crippen molar-refractivity contribution in [3.05, 3.63) is 36.1 Å². The van der Waals surface area contributed by atoms with Gasteiger partial charge in [0.05, 0.1) is 19.1 Å². The van der Waals surface area contributed by atoms with E-state index in [0.717, 1.165) is 0 Å². The first kappa shape index (κ1) is 12.3. The molecule has 3 N–H and O–H groups in total. The first-order valence-corrected chi connectivity index (χ1v) is 5.60. The number of imidazole rings is 1. The van der Waals surface area contributed by atoms with Crippen LogP contribution < -0.4 is 11.1 Å². The Kier molecular flexibility index (Phi) is 3.73. The molecule has 0 aliphatic carbocycles. The van der Waals surface area contributed by atoms with Crippen LogP contribution in [-0.4, -0.2) is 27.0 Å². The highest BCUT2D eigenvalue weighted by Crippen LogP contribution is 2.02. The lowest BCUT2D eigenvalue weighted by molar-refractivity contribution is 0.0942. The molecule has 0 atom stereocenters. The molecule has 0 saturated carbocycles. The first-order chi connectivity index (χ1) is 8.69. The number of amides is 1. The van der Waals surface area contributed by atoms with Crippen LogP contribution in [0.2, 0.25) is 0 Å². The summed E-state index contributed by atoms with van der Waals surface area (Å²) in [6.45, 7) is 3.19. The van der Waals surface area contributed by atoms with E-state index in [1.54, 1.807) is 30.2 Å². The highest BCUT2D eigenvalue weighted by molar-refractivity contribution is 5.91. The third-order valence-corrected chi connectivity index (χ3v) is 2.32. The maximum Gasteiger partial charge on any atom is 0.271 e. The molecule has 2 aromatic rings. The Morgan fingerprint density at radius 1 is 1.56 bits per heavy atom. The molecule has 0 spiro atoms. The first-order valence-electron chi connectivity index (χ1n) is 5.60. The summed E-state index contributed by atoms with van der Waals surface area (Å²) in [4.78, 5) is 19.7. The van der Waals surface area contributed by atoms with E-state index in [-0.39, 0.29) is 12.5 Å². The number of hydrogen-bond donors (Lipinski definition) is 2. The van der Waals surface area contributed by atoms with E-state index >= 15 is 0 Å². The second-order valence-corrected chi connectivity index (χ2v) is 3.83. The number of hydrogen-bond acceptors (Lipinski definition) is 5. The van der Waals surface area contributed by atoms with Crippen molar-refractivity contribution in [2.75, 3.05) is 6.54 Å². The summed E-state index contributed by atoms with van der Waals surface area (Å²) in [5.41, 5.74) is 5.77. The van der Waals surface area contributed by atoms with Gasteiger partial charge in [0.1, 0.15) is 11.5 Å². The fraction of sp³-hybridized carbons (Fsp3) is 0.364. The predicted molar refractivity (Wildman–Crippen MR) is 63.7 cm³/mol. The molecule has 0 aliphatic rings. The number of oxazole rings is 1. The lowest BCUT2D eigenvalue weighted by Gasteiger charge is -1.99. The molecular formula is C11H15N5O2. The van der Waals surface area contributed by atoms with Gasteiger partial charge in [0.25, 0.3) is 5.91 Å². The Morgan fingerprint density at radius 3 is 3.06 bits per heavy atom. The van der Waals surface area contributed by atoms with Gasteiger partial charge in [0.2, 0.25) is 5.89 Å². The van der Waals surface area contributed by atoms with Crippen molar-refractivity contribution in [1.29, 1.82) is 0 Å². The van der Waals surface area contributed by atoms with Crippen molar-refractivity contribution in [1.82, 2.24) is 19.9 Å². The average molecular weight is 249 g/mol. The SMILES string of the molecule is Cc1cnc(CNC(=O)c2cn(CCN)cn2)o1. The third kappa shape index (κ3) is 2.95. The quantitative estimate of drug-likeness (QED) is 0.781. The minimum Gasteiger partial charge on any atom is -0.444 e. The molecule has 2 aromatic heterocycles. The number of nitrogens with two attached hydrogens (primary N) is 1. The summed E-state index contributed by atoms with van der Waals surface area (Å²) in [6, 6.07) is 0. The maximum absolute atomic E-state index is 11.8. The molecule has 0 radical (unpaired) electrons. The van der Waals surface area contributed by atoms with E-state index in [4.69, 9.17) is 10.2 Å². The van der Waals surface area contributed by atoms with Crippen molar-refractivity contribution in [3.63, 3.8) is 0 Å². The number of carbonyl (C=O) groups is 1. The van der Waals surface area contributed by atoms with Crippen LogP contribution in [-0.2, 0) is 13.1 Å². The molecule has 2 rings (SSSR count). The van der Waals surface area contributed by atoms with Gasteiger partial charge in [-0.2, -0.15) is 0 Å². The Bertz CT molecular complexity index is 531. The van der Waals surface area contributed by atoms with Crippen molar-refractivity contribution in [2.24, 2.45) is 5.73 Å². The van der Waals surface area contributed by atoms with Crippen LogP contribution in [0.1, 0.15) is 22.1 Å². The predicted octanol–water partition coefficient (Wildman–Crippen LogP) is 0.0682. The van der Waals surface area contributed by atoms with Crippen molar-refractivity contribution >= 4 is 5.91 Å². The molecule has 2 heterocycles. The van der Waals surface area contributed by atoms with Gasteiger partial charge in [-0.3, -0.25) is 4.79 Å². The van der Waals surface area contributed by atoms with Gasteiger partial charge >= 0.3 is 0 Å². The van der Waals surface area contributed by atoms with Crippen LogP contribution in [0.5, 0.6) is 0 Å². The van der Waals surface area contributed by atoms with Crippen LogP contribution in [0.3, 0.4) is 0 Å². The summed E-state index contributed by atoms with van der Waals surface area (Å²) < 4.78 is 7.01. The van der Waals surface area contributed by atoms with Gasteiger partial charge in [-0.25, -0.2) is 9.97 Å². The van der Waals surface area contributed by atoms with Gasteiger partial charge in [-0.15, -0.1) is 0 Å². The standard InChI is InChI=1S/C11H15N5O2/c1-8-4-13-10(18-8)5-14-11(17)9-6-16(3-2-12)7-15-9/h4,6-7H,2-3,5,12H2,1H3,(H,14,17). The van der Waals surface area contributed by atoms with E-state index < -0.39 is 0 Å². The summed E-state index contributed by atoms with van der Waals surface area (Å²) in [6.07, 6.45) is 4.84. The molecule has 96 valence electrons. The van der Waals surface area contributed by atoms with Crippen LogP contribution in [0.25, 0.3) is 0 Å². The fourth-order valence-electron chi connectivity index (χ4n) is 1.48. The molecule has 0 bridgehead atoms. The Balaban J connectivity index is 1.90. The molecule has 1 amide bonds. The van der Waals surface area contributed by atoms with E-state index in [2.05, 4.69) is 15.3 Å². The van der Waals surface area contributed by atoms with Crippen LogP contribution in [0.4, 0.5) is 0 Å². The zero-order valence-corrected chi connectivity index (χ0v) is 10.1. The number of aromatic nitrogens is 3. The highest BCUT2D eigenvalue weighted by Gasteiger charge is 2.10. The van der Waals surface area contributed by atoms with Crippen molar-refractivity contribution < 1.29 is 9.21 Å². The minimum atomic E-state index is -0.262. The molecule has 7 heteroatoms. The van der Waals surface area contributed by atoms with Gasteiger partial charge in [0.15, 0.2) is 0 Å². The Labute approximate surface area is 104 Å². The second kappa shape index (κ2) is 5.46. The normalized spacial score (nSPS) is 10.6. The van der Waals surface area contributed by atoms with Crippen LogP contribution in [0, 0.1) is 6.92 Å². The molecule has 7 nitrogen and oxygen atoms in total. The van der Waals surface area contributed by atoms with E-state index in [1.165, 1.54) is 0 Å². The van der Waals surface area contributed by atoms with Crippen LogP contribution in [0.15, 0.2) is 23.1 Å². The number of nitrogens with zero attached hydrogens (tertiary/aromatic N) is 3. The fourth-order valence-corrected chi connectivity index (χ4v) is 1.48. The zero-order chi connectivity index (χ0) is 13.0. The Morgan fingerprint density at radius 2 is 2.39 bits per heavy atom. The van der Waals surface area contributed by atoms with Crippen LogP contribution >= 0.6 is 0 Å². The minimum absolute atomic E-state index is 0.246. The highest BCUT2D eigenvalue weighted by atomic mass is 16.4. The smallest absolute Gasteiger partial charge is 0.271 e. The summed E-state index contributed by atoms with van der Waals surface area (Å²) >= 11 is 0. The maximum atomic E-state index is 11.8. The largest absolute Gasteiger partial charge is 0.444 e. The summed E-state index contributed by atoms with van der Waals surface area (Å²) in [5, 5.41) is 2.68. The van der Waals surface area contributed by atoms with Gasteiger partial charge in [-0.1, -0.05) is 0 Å². The number of aryl methyl sites for hydroxylation is 1. The lowest BCUT2D eigenvalue weighted by atomic mass is 10.4. The van der Waals surface area contributed by atoms with E-state index in [1.807, 2.05) is 0 Å². The molecule has 18 heavy (non-hydrogen) atoms. The van der Waals surface area contributed by atoms with Gasteiger partial charge in [-0.05, 0) is 6.92 Å². The molecule has 0 aromatic carbocycles. The van der Waals surface area contributed by atoms with Gasteiger partial charge in [0, 0.05) is 19.3 Å². The molecule has 0 fully saturated rings. The number of carbonyl (C=O) groups excluding carboxylic acids is 1. The molecule has 0 saturated heterocycles. The topological polar surface area (TPSA) is 99.0 Å². The van der Waals surface area contributed by atoms with E-state index in [0.29, 0.717) is 30.4 Å². The number of nitrogens with one attached hydrogen (secondary N) is 1. The Hall–Kier alpha value is -2.15.